The molecule has 0 N–H and O–H groups in total. The zero-order valence-electron chi connectivity index (χ0n) is 35.9. The zero-order chi connectivity index (χ0) is 43.6. The number of hydrogen-bond acceptors (Lipinski definition) is 5. The Morgan fingerprint density at radius 2 is 0.844 bits per heavy atom. The van der Waals surface area contributed by atoms with Gasteiger partial charge < -0.3 is 18.6 Å². The van der Waals surface area contributed by atoms with Crippen LogP contribution in [0.3, 0.4) is 0 Å². The van der Waals surface area contributed by atoms with E-state index in [2.05, 4.69) is 170 Å². The summed E-state index contributed by atoms with van der Waals surface area (Å²) in [4.78, 5) is 8.18. The van der Waals surface area contributed by atoms with Gasteiger partial charge in [0.1, 0.15) is 11.2 Å². The van der Waals surface area contributed by atoms with Gasteiger partial charge in [-0.15, -0.1) is 0 Å². The van der Waals surface area contributed by atoms with E-state index in [0.717, 1.165) is 88.4 Å². The highest BCUT2D eigenvalue weighted by Crippen LogP contribution is 2.49. The van der Waals surface area contributed by atoms with E-state index < -0.39 is 0 Å². The van der Waals surface area contributed by atoms with Crippen molar-refractivity contribution in [3.63, 3.8) is 0 Å². The summed E-state index contributed by atoms with van der Waals surface area (Å²) in [6.07, 6.45) is 0. The largest absolute Gasteiger partial charge is 0.452 e. The van der Waals surface area contributed by atoms with Crippen molar-refractivity contribution >= 4 is 105 Å². The van der Waals surface area contributed by atoms with E-state index >= 15 is 0 Å². The summed E-state index contributed by atoms with van der Waals surface area (Å²) in [5, 5.41) is 18.0. The van der Waals surface area contributed by atoms with Gasteiger partial charge in [0.25, 0.3) is 0 Å². The van der Waals surface area contributed by atoms with Gasteiger partial charge in [-0.2, -0.15) is 5.26 Å². The second-order valence-electron chi connectivity index (χ2n) is 17.1. The van der Waals surface area contributed by atoms with Crippen molar-refractivity contribution in [1.29, 1.82) is 5.26 Å². The number of nitriles is 1. The maximum Gasteiger partial charge on any atom is 0.187 e. The van der Waals surface area contributed by atoms with E-state index in [1.54, 1.807) is 0 Å². The zero-order valence-corrected chi connectivity index (χ0v) is 35.9. The molecule has 0 aliphatic rings. The van der Waals surface area contributed by atoms with Crippen molar-refractivity contribution < 1.29 is 8.83 Å². The molecule has 0 aliphatic carbocycles. The van der Waals surface area contributed by atoms with Crippen molar-refractivity contribution in [2.75, 3.05) is 9.80 Å². The molecule has 0 saturated carbocycles. The molecule has 9 aromatic carbocycles. The molecule has 2 aromatic heterocycles. The smallest absolute Gasteiger partial charge is 0.187 e. The molecular weight excluding hydrogens is 785 g/mol. The van der Waals surface area contributed by atoms with Gasteiger partial charge in [-0.3, -0.25) is 0 Å². The molecule has 0 saturated heterocycles. The first kappa shape index (κ1) is 38.6. The molecule has 6 nitrogen and oxygen atoms in total. The molecule has 0 fully saturated rings. The Hall–Kier alpha value is -8.32. The fraction of sp³-hybridized carbons (Fsp3) is 0.103. The van der Waals surface area contributed by atoms with E-state index in [4.69, 9.17) is 15.4 Å². The lowest BCUT2D eigenvalue weighted by atomic mass is 9.98. The van der Waals surface area contributed by atoms with Crippen molar-refractivity contribution in [3.05, 3.63) is 198 Å². The lowest BCUT2D eigenvalue weighted by Gasteiger charge is -2.27. The van der Waals surface area contributed by atoms with Crippen LogP contribution in [-0.2, 0) is 0 Å². The molecule has 0 unspecified atom stereocenters. The first-order chi connectivity index (χ1) is 31.3. The van der Waals surface area contributed by atoms with E-state index in [-0.39, 0.29) is 0 Å². The van der Waals surface area contributed by atoms with Gasteiger partial charge in [-0.25, -0.2) is 4.85 Å². The molecule has 0 atom stereocenters. The van der Waals surface area contributed by atoms with Crippen LogP contribution in [0.15, 0.2) is 179 Å². The fourth-order valence-electron chi connectivity index (χ4n) is 9.36. The average Bonchev–Trinajstić information content (AvgIpc) is 3.91. The molecule has 2 heterocycles. The lowest BCUT2D eigenvalue weighted by Crippen LogP contribution is -2.10. The minimum Gasteiger partial charge on any atom is -0.452 e. The van der Waals surface area contributed by atoms with Crippen LogP contribution in [-0.4, -0.2) is 0 Å². The van der Waals surface area contributed by atoms with Crippen LogP contribution in [0.25, 0.3) is 70.3 Å². The van der Waals surface area contributed by atoms with E-state index in [1.165, 1.54) is 11.1 Å². The number of rotatable bonds is 8. The normalized spacial score (nSPS) is 11.7. The average molecular weight is 827 g/mol. The van der Waals surface area contributed by atoms with Gasteiger partial charge in [0.15, 0.2) is 16.9 Å². The van der Waals surface area contributed by atoms with Crippen LogP contribution < -0.4 is 9.80 Å². The summed E-state index contributed by atoms with van der Waals surface area (Å²) < 4.78 is 14.1. The van der Waals surface area contributed by atoms with E-state index in [1.807, 2.05) is 48.5 Å². The highest BCUT2D eigenvalue weighted by molar-refractivity contribution is 6.29. The van der Waals surface area contributed by atoms with Crippen molar-refractivity contribution in [2.24, 2.45) is 0 Å². The SMILES string of the molecule is [C-]#[N+]c1ccc(N(c2ccc(C(C)C)cc2)c2cc3oc4c(ccc5c4oc4cc(N(c6ccc(C#N)cc6)c6ccc(C(C)C)cc6)c6ccccc6c45)c3c3ccccc23)cc1. The van der Waals surface area contributed by atoms with Crippen LogP contribution in [0.2, 0.25) is 0 Å². The van der Waals surface area contributed by atoms with Gasteiger partial charge in [0.2, 0.25) is 0 Å². The van der Waals surface area contributed by atoms with Crippen molar-refractivity contribution in [1.82, 2.24) is 0 Å². The molecule has 0 spiro atoms. The molecule has 64 heavy (non-hydrogen) atoms. The Bertz CT molecular complexity index is 3430. The summed E-state index contributed by atoms with van der Waals surface area (Å²) >= 11 is 0. The Morgan fingerprint density at radius 1 is 0.469 bits per heavy atom. The molecule has 6 heteroatoms. The van der Waals surface area contributed by atoms with E-state index in [0.29, 0.717) is 34.3 Å². The summed E-state index contributed by atoms with van der Waals surface area (Å²) in [6, 6.07) is 61.0. The molecule has 0 amide bonds. The summed E-state index contributed by atoms with van der Waals surface area (Å²) in [5.41, 5.74) is 12.4. The third-order valence-electron chi connectivity index (χ3n) is 12.7. The minimum absolute atomic E-state index is 0.397. The third-order valence-corrected chi connectivity index (χ3v) is 12.7. The van der Waals surface area contributed by atoms with Crippen molar-refractivity contribution in [3.8, 4) is 6.07 Å². The molecule has 0 radical (unpaired) electrons. The molecule has 0 aliphatic heterocycles. The van der Waals surface area contributed by atoms with Crippen molar-refractivity contribution in [2.45, 2.75) is 39.5 Å². The highest BCUT2D eigenvalue weighted by atomic mass is 16.4. The second-order valence-corrected chi connectivity index (χ2v) is 17.1. The number of nitrogens with zero attached hydrogens (tertiary/aromatic N) is 4. The predicted octanol–water partition coefficient (Wildman–Crippen LogP) is 17.4. The van der Waals surface area contributed by atoms with Crippen LogP contribution in [0.5, 0.6) is 0 Å². The van der Waals surface area contributed by atoms with Crippen LogP contribution >= 0.6 is 0 Å². The van der Waals surface area contributed by atoms with Crippen LogP contribution in [0, 0.1) is 17.9 Å². The fourth-order valence-corrected chi connectivity index (χ4v) is 9.36. The lowest BCUT2D eigenvalue weighted by molar-refractivity contribution is 0.633. The number of benzene rings is 9. The Labute approximate surface area is 371 Å². The summed E-state index contributed by atoms with van der Waals surface area (Å²) in [5.74, 6) is 0.797. The highest BCUT2D eigenvalue weighted by Gasteiger charge is 2.25. The third kappa shape index (κ3) is 6.23. The van der Waals surface area contributed by atoms with Gasteiger partial charge in [0.05, 0.1) is 29.6 Å². The number of fused-ring (bicyclic) bond motifs is 11. The van der Waals surface area contributed by atoms with Gasteiger partial charge in [0, 0.05) is 67.2 Å². The van der Waals surface area contributed by atoms with E-state index in [9.17, 15) is 5.26 Å². The Kier molecular flexibility index (Phi) is 9.19. The molecule has 306 valence electrons. The number of furan rings is 2. The topological polar surface area (TPSA) is 60.9 Å². The van der Waals surface area contributed by atoms with Gasteiger partial charge >= 0.3 is 0 Å². The quantitative estimate of drug-likeness (QED) is 0.143. The monoisotopic (exact) mass is 826 g/mol. The number of hydrogen-bond donors (Lipinski definition) is 0. The molecule has 11 rings (SSSR count). The van der Waals surface area contributed by atoms with Gasteiger partial charge in [-0.05, 0) is 107 Å². The Balaban J connectivity index is 1.15. The summed E-state index contributed by atoms with van der Waals surface area (Å²) in [7, 11) is 0. The molecular formula is C58H42N4O2. The molecule has 0 bridgehead atoms. The second kappa shape index (κ2) is 15.2. The maximum absolute atomic E-state index is 9.66. The molecule has 11 aromatic rings. The van der Waals surface area contributed by atoms with Gasteiger partial charge in [-0.1, -0.05) is 113 Å². The standard InChI is InChI=1S/C58H42N4O2/c1-35(2)38-16-24-42(25-17-38)61(41-22-14-37(34-59)15-23-41)51-32-53-55(47-12-8-6-10-45(47)51)49-30-31-50-56-48-13-9-7-11-46(48)52(33-54(56)64-58(50)57(49)63-53)62(44-28-20-40(60-5)21-29-44)43-26-18-39(19-27-43)36(3)4/h6-33,35-36H,1-4H3. The summed E-state index contributed by atoms with van der Waals surface area (Å²) in [6.45, 7) is 16.4. The predicted molar refractivity (Wildman–Crippen MR) is 265 cm³/mol. The Morgan fingerprint density at radius 3 is 1.22 bits per heavy atom. The first-order valence-corrected chi connectivity index (χ1v) is 21.7. The minimum atomic E-state index is 0.397. The van der Waals surface area contributed by atoms with Crippen LogP contribution in [0.4, 0.5) is 39.8 Å². The first-order valence-electron chi connectivity index (χ1n) is 21.7. The maximum atomic E-state index is 9.66. The number of anilines is 6. The van der Waals surface area contributed by atoms with Crippen LogP contribution in [0.1, 0.15) is 56.2 Å².